The van der Waals surface area contributed by atoms with Gasteiger partial charge in [0.1, 0.15) is 5.75 Å². The molecule has 2 aliphatic rings. The van der Waals surface area contributed by atoms with Crippen molar-refractivity contribution in [1.82, 2.24) is 5.43 Å². The van der Waals surface area contributed by atoms with Gasteiger partial charge in [-0.2, -0.15) is 5.10 Å². The van der Waals surface area contributed by atoms with Crippen molar-refractivity contribution in [2.24, 2.45) is 21.8 Å². The van der Waals surface area contributed by atoms with Gasteiger partial charge in [0.05, 0.1) is 7.11 Å². The van der Waals surface area contributed by atoms with Gasteiger partial charge in [-0.05, 0) is 54.4 Å². The van der Waals surface area contributed by atoms with Crippen LogP contribution in [0.1, 0.15) is 45.6 Å². The van der Waals surface area contributed by atoms with E-state index in [0.29, 0.717) is 5.92 Å². The minimum Gasteiger partial charge on any atom is -0.497 e. The van der Waals surface area contributed by atoms with Gasteiger partial charge in [-0.1, -0.05) is 32.9 Å². The smallest absolute Gasteiger partial charge is 0.331 e. The molecule has 150 valence electrons. The lowest BCUT2D eigenvalue weighted by atomic mass is 9.70. The van der Waals surface area contributed by atoms with Crippen molar-refractivity contribution in [3.63, 3.8) is 0 Å². The fourth-order valence-electron chi connectivity index (χ4n) is 4.32. The lowest BCUT2D eigenvalue weighted by molar-refractivity contribution is -0.143. The largest absolute Gasteiger partial charge is 0.497 e. The number of hydrogen-bond acceptors (Lipinski definition) is 5. The van der Waals surface area contributed by atoms with Crippen LogP contribution in [0.15, 0.2) is 35.4 Å². The average Bonchev–Trinajstić information content (AvgIpc) is 3.02. The highest BCUT2D eigenvalue weighted by molar-refractivity contribution is 5.95. The number of fused-ring (bicyclic) bond motifs is 2. The monoisotopic (exact) mass is 384 g/mol. The molecule has 2 saturated carbocycles. The van der Waals surface area contributed by atoms with E-state index in [0.717, 1.165) is 29.9 Å². The van der Waals surface area contributed by atoms with E-state index in [1.54, 1.807) is 25.3 Å². The zero-order valence-electron chi connectivity index (χ0n) is 17.0. The van der Waals surface area contributed by atoms with Crippen LogP contribution < -0.4 is 10.2 Å². The van der Waals surface area contributed by atoms with E-state index in [2.05, 4.69) is 31.3 Å². The second kappa shape index (κ2) is 7.78. The second-order valence-corrected chi connectivity index (χ2v) is 8.30. The van der Waals surface area contributed by atoms with E-state index in [9.17, 15) is 9.59 Å². The molecule has 0 unspecified atom stereocenters. The van der Waals surface area contributed by atoms with Crippen LogP contribution >= 0.6 is 0 Å². The van der Waals surface area contributed by atoms with E-state index in [1.165, 1.54) is 12.5 Å². The normalized spacial score (nSPS) is 26.6. The maximum absolute atomic E-state index is 12.0. The third-order valence-corrected chi connectivity index (χ3v) is 6.70. The fourth-order valence-corrected chi connectivity index (χ4v) is 4.32. The first kappa shape index (κ1) is 20.1. The Morgan fingerprint density at radius 3 is 2.54 bits per heavy atom. The van der Waals surface area contributed by atoms with E-state index in [1.807, 2.05) is 12.1 Å². The molecule has 0 heterocycles. The molecule has 0 saturated heterocycles. The molecule has 0 aliphatic heterocycles. The molecule has 0 radical (unpaired) electrons. The van der Waals surface area contributed by atoms with Crippen molar-refractivity contribution < 1.29 is 19.1 Å². The third-order valence-electron chi connectivity index (χ3n) is 6.70. The molecule has 6 nitrogen and oxygen atoms in total. The van der Waals surface area contributed by atoms with Gasteiger partial charge in [-0.3, -0.25) is 4.79 Å². The van der Waals surface area contributed by atoms with Crippen LogP contribution in [0.5, 0.6) is 5.75 Å². The number of hydrogen-bond donors (Lipinski definition) is 1. The number of hydrazone groups is 1. The Kier molecular flexibility index (Phi) is 5.59. The molecule has 1 amide bonds. The van der Waals surface area contributed by atoms with Crippen molar-refractivity contribution in [2.45, 2.75) is 40.0 Å². The summed E-state index contributed by atoms with van der Waals surface area (Å²) in [5, 5.41) is 4.36. The number of nitrogens with zero attached hydrogens (tertiary/aromatic N) is 1. The summed E-state index contributed by atoms with van der Waals surface area (Å²) in [7, 11) is 1.59. The number of methoxy groups -OCH3 is 1. The fraction of sp³-hybridized carbons (Fsp3) is 0.500. The summed E-state index contributed by atoms with van der Waals surface area (Å²) in [6, 6.07) is 7.25. The van der Waals surface area contributed by atoms with Gasteiger partial charge in [0.25, 0.3) is 5.91 Å². The third kappa shape index (κ3) is 3.81. The van der Waals surface area contributed by atoms with E-state index >= 15 is 0 Å². The standard InChI is InChI=1S/C22H28N2O4/c1-21(2)16-11-12-22(21,3)18(13-16)23-24-19(25)14-28-20(26)10-7-15-5-8-17(27-4)9-6-15/h5-10,16H,11-14H2,1-4H3,(H,24,25)/b10-7+,23-18-/t16-,22-/m1/s1. The zero-order valence-corrected chi connectivity index (χ0v) is 17.0. The quantitative estimate of drug-likeness (QED) is 0.462. The van der Waals surface area contributed by atoms with Crippen LogP contribution in [0.2, 0.25) is 0 Å². The average molecular weight is 384 g/mol. The highest BCUT2D eigenvalue weighted by Crippen LogP contribution is 2.63. The molecule has 1 aromatic carbocycles. The summed E-state index contributed by atoms with van der Waals surface area (Å²) in [6.45, 7) is 6.44. The van der Waals surface area contributed by atoms with Gasteiger partial charge in [0, 0.05) is 17.2 Å². The lowest BCUT2D eigenvalue weighted by Crippen LogP contribution is -2.34. The van der Waals surface area contributed by atoms with Crippen LogP contribution in [0.25, 0.3) is 6.08 Å². The highest BCUT2D eigenvalue weighted by Gasteiger charge is 2.59. The van der Waals surface area contributed by atoms with Gasteiger partial charge >= 0.3 is 5.97 Å². The molecule has 0 aromatic heterocycles. The number of nitrogens with one attached hydrogen (secondary N) is 1. The van der Waals surface area contributed by atoms with Crippen molar-refractivity contribution in [3.05, 3.63) is 35.9 Å². The summed E-state index contributed by atoms with van der Waals surface area (Å²) >= 11 is 0. The molecule has 2 fully saturated rings. The topological polar surface area (TPSA) is 77.0 Å². The number of rotatable bonds is 6. The Morgan fingerprint density at radius 2 is 1.96 bits per heavy atom. The predicted molar refractivity (Wildman–Crippen MR) is 108 cm³/mol. The minimum absolute atomic E-state index is 0.0305. The predicted octanol–water partition coefficient (Wildman–Crippen LogP) is 3.57. The first-order chi connectivity index (χ1) is 13.3. The molecule has 2 atom stereocenters. The molecule has 6 heteroatoms. The van der Waals surface area contributed by atoms with Crippen LogP contribution in [0.4, 0.5) is 0 Å². The molecule has 3 rings (SSSR count). The maximum atomic E-state index is 12.0. The molecule has 1 aromatic rings. The number of carbonyl (C=O) groups is 2. The van der Waals surface area contributed by atoms with E-state index in [-0.39, 0.29) is 17.4 Å². The highest BCUT2D eigenvalue weighted by atomic mass is 16.5. The second-order valence-electron chi connectivity index (χ2n) is 8.30. The van der Waals surface area contributed by atoms with Gasteiger partial charge in [-0.15, -0.1) is 0 Å². The summed E-state index contributed by atoms with van der Waals surface area (Å²) in [4.78, 5) is 23.8. The summed E-state index contributed by atoms with van der Waals surface area (Å²) < 4.78 is 10.1. The molecular formula is C22H28N2O4. The molecule has 2 aliphatic carbocycles. The minimum atomic E-state index is -0.577. The summed E-state index contributed by atoms with van der Waals surface area (Å²) in [5.41, 5.74) is 4.67. The summed E-state index contributed by atoms with van der Waals surface area (Å²) in [6.07, 6.45) is 6.16. The van der Waals surface area contributed by atoms with Crippen molar-refractivity contribution in [2.75, 3.05) is 13.7 Å². The molecule has 2 bridgehead atoms. The number of benzene rings is 1. The Labute approximate surface area is 166 Å². The van der Waals surface area contributed by atoms with Crippen LogP contribution in [0.3, 0.4) is 0 Å². The Bertz CT molecular complexity index is 810. The lowest BCUT2D eigenvalue weighted by Gasteiger charge is -2.34. The maximum Gasteiger partial charge on any atom is 0.331 e. The Morgan fingerprint density at radius 1 is 1.25 bits per heavy atom. The van der Waals surface area contributed by atoms with Crippen molar-refractivity contribution in [3.8, 4) is 5.75 Å². The van der Waals surface area contributed by atoms with E-state index in [4.69, 9.17) is 9.47 Å². The Balaban J connectivity index is 1.47. The number of carbonyl (C=O) groups excluding carboxylic acids is 2. The molecule has 0 spiro atoms. The number of ether oxygens (including phenoxy) is 2. The van der Waals surface area contributed by atoms with Gasteiger partial charge in [-0.25, -0.2) is 10.2 Å². The zero-order chi connectivity index (χ0) is 20.4. The summed E-state index contributed by atoms with van der Waals surface area (Å²) in [5.74, 6) is 0.356. The van der Waals surface area contributed by atoms with Crippen molar-refractivity contribution >= 4 is 23.7 Å². The molecular weight excluding hydrogens is 356 g/mol. The van der Waals surface area contributed by atoms with Gasteiger partial charge < -0.3 is 9.47 Å². The van der Waals surface area contributed by atoms with E-state index < -0.39 is 11.9 Å². The van der Waals surface area contributed by atoms with Gasteiger partial charge in [0.15, 0.2) is 6.61 Å². The first-order valence-corrected chi connectivity index (χ1v) is 9.61. The van der Waals surface area contributed by atoms with Crippen LogP contribution in [-0.2, 0) is 14.3 Å². The van der Waals surface area contributed by atoms with Crippen LogP contribution in [0, 0.1) is 16.7 Å². The van der Waals surface area contributed by atoms with Crippen molar-refractivity contribution in [1.29, 1.82) is 0 Å². The van der Waals surface area contributed by atoms with Crippen LogP contribution in [-0.4, -0.2) is 31.3 Å². The molecule has 28 heavy (non-hydrogen) atoms. The SMILES string of the molecule is COc1ccc(/C=C/C(=O)OCC(=O)N/N=C2/C[C@H]3CC[C@@]2(C)C3(C)C)cc1. The Hall–Kier alpha value is -2.63. The molecule has 1 N–H and O–H groups in total. The van der Waals surface area contributed by atoms with Gasteiger partial charge in [0.2, 0.25) is 0 Å². The number of amides is 1. The first-order valence-electron chi connectivity index (χ1n) is 9.61. The number of esters is 1.